The van der Waals surface area contributed by atoms with Gasteiger partial charge in [-0.05, 0) is 42.2 Å². The minimum atomic E-state index is -4.97. The van der Waals surface area contributed by atoms with Gasteiger partial charge in [0.1, 0.15) is 0 Å². The number of carbonyl (C=O) groups is 2. The molecule has 2 saturated heterocycles. The van der Waals surface area contributed by atoms with E-state index in [1.807, 2.05) is 18.2 Å². The molecule has 2 fully saturated rings. The number of carbonyl (C=O) groups excluding carboxylic acids is 2. The van der Waals surface area contributed by atoms with Gasteiger partial charge in [-0.2, -0.15) is 26.3 Å². The quantitative estimate of drug-likeness (QED) is 0.547. The maximum Gasteiger partial charge on any atom is 0.416 e. The molecular formula is C26H27F6N3O2. The molecule has 2 aliphatic rings. The van der Waals surface area contributed by atoms with Gasteiger partial charge in [-0.25, -0.2) is 0 Å². The number of hydrogen-bond donors (Lipinski definition) is 1. The van der Waals surface area contributed by atoms with Crippen molar-refractivity contribution < 1.29 is 35.9 Å². The zero-order valence-electron chi connectivity index (χ0n) is 19.9. The molecule has 2 aromatic carbocycles. The van der Waals surface area contributed by atoms with Gasteiger partial charge in [-0.1, -0.05) is 30.3 Å². The summed E-state index contributed by atoms with van der Waals surface area (Å²) in [7, 11) is 0. The Hall–Kier alpha value is -3.08. The number of hydrogen-bond acceptors (Lipinski definition) is 3. The Balaban J connectivity index is 1.32. The fraction of sp³-hybridized carbons (Fsp3) is 0.462. The molecule has 37 heavy (non-hydrogen) atoms. The van der Waals surface area contributed by atoms with E-state index < -0.39 is 41.8 Å². The zero-order valence-corrected chi connectivity index (χ0v) is 19.9. The molecule has 0 unspecified atom stereocenters. The van der Waals surface area contributed by atoms with Crippen LogP contribution in [0.5, 0.6) is 0 Å². The fourth-order valence-corrected chi connectivity index (χ4v) is 4.83. The van der Waals surface area contributed by atoms with E-state index >= 15 is 0 Å². The Bertz CT molecular complexity index is 1080. The Morgan fingerprint density at radius 3 is 2.03 bits per heavy atom. The monoisotopic (exact) mass is 527 g/mol. The minimum Gasteiger partial charge on any atom is -0.353 e. The summed E-state index contributed by atoms with van der Waals surface area (Å²) in [6, 6.07) is 11.3. The largest absolute Gasteiger partial charge is 0.416 e. The van der Waals surface area contributed by atoms with Crippen LogP contribution in [0.25, 0.3) is 0 Å². The lowest BCUT2D eigenvalue weighted by atomic mass is 10.0. The van der Waals surface area contributed by atoms with Crippen LogP contribution in [0.4, 0.5) is 26.3 Å². The van der Waals surface area contributed by atoms with E-state index in [2.05, 4.69) is 22.3 Å². The van der Waals surface area contributed by atoms with Gasteiger partial charge in [0, 0.05) is 45.2 Å². The molecule has 0 saturated carbocycles. The van der Waals surface area contributed by atoms with Crippen molar-refractivity contribution in [3.05, 3.63) is 70.8 Å². The summed E-state index contributed by atoms with van der Waals surface area (Å²) in [5.41, 5.74) is -1.95. The first kappa shape index (κ1) is 27.0. The first-order valence-corrected chi connectivity index (χ1v) is 12.0. The molecule has 0 radical (unpaired) electrons. The van der Waals surface area contributed by atoms with E-state index in [1.54, 1.807) is 0 Å². The first-order chi connectivity index (χ1) is 17.4. The third-order valence-corrected chi connectivity index (χ3v) is 6.79. The number of rotatable bonds is 6. The van der Waals surface area contributed by atoms with Crippen LogP contribution in [-0.4, -0.2) is 47.3 Å². The number of likely N-dealkylation sites (tertiary alicyclic amines) is 2. The summed E-state index contributed by atoms with van der Waals surface area (Å²) in [6.45, 7) is 1.92. The molecule has 0 bridgehead atoms. The topological polar surface area (TPSA) is 52.7 Å². The predicted molar refractivity (Wildman–Crippen MR) is 123 cm³/mol. The fourth-order valence-electron chi connectivity index (χ4n) is 4.83. The lowest BCUT2D eigenvalue weighted by Crippen LogP contribution is -2.46. The van der Waals surface area contributed by atoms with E-state index in [4.69, 9.17) is 0 Å². The van der Waals surface area contributed by atoms with E-state index in [1.165, 1.54) is 5.56 Å². The second kappa shape index (κ2) is 10.7. The van der Waals surface area contributed by atoms with Crippen LogP contribution in [0.15, 0.2) is 48.5 Å². The van der Waals surface area contributed by atoms with Crippen molar-refractivity contribution in [1.29, 1.82) is 0 Å². The van der Waals surface area contributed by atoms with E-state index in [9.17, 15) is 35.9 Å². The molecule has 0 spiro atoms. The molecule has 200 valence electrons. The van der Waals surface area contributed by atoms with Gasteiger partial charge < -0.3 is 10.2 Å². The highest BCUT2D eigenvalue weighted by Gasteiger charge is 2.39. The number of benzene rings is 2. The number of nitrogens with zero attached hydrogens (tertiary/aromatic N) is 2. The van der Waals surface area contributed by atoms with Gasteiger partial charge in [-0.3, -0.25) is 14.5 Å². The highest BCUT2D eigenvalue weighted by Crippen LogP contribution is 2.37. The van der Waals surface area contributed by atoms with Crippen LogP contribution in [0.3, 0.4) is 0 Å². The summed E-state index contributed by atoms with van der Waals surface area (Å²) >= 11 is 0. The summed E-state index contributed by atoms with van der Waals surface area (Å²) in [5.74, 6) is -1.51. The average molecular weight is 528 g/mol. The summed E-state index contributed by atoms with van der Waals surface area (Å²) in [5, 5.41) is 2.97. The summed E-state index contributed by atoms with van der Waals surface area (Å²) in [4.78, 5) is 28.7. The van der Waals surface area contributed by atoms with Crippen LogP contribution in [0.1, 0.15) is 41.5 Å². The van der Waals surface area contributed by atoms with Crippen molar-refractivity contribution in [2.24, 2.45) is 5.92 Å². The lowest BCUT2D eigenvalue weighted by Gasteiger charge is -2.32. The zero-order chi connectivity index (χ0) is 26.8. The molecular weight excluding hydrogens is 500 g/mol. The van der Waals surface area contributed by atoms with Crippen molar-refractivity contribution in [3.8, 4) is 0 Å². The Morgan fingerprint density at radius 1 is 0.865 bits per heavy atom. The molecule has 1 atom stereocenters. The van der Waals surface area contributed by atoms with Crippen molar-refractivity contribution in [2.75, 3.05) is 19.6 Å². The van der Waals surface area contributed by atoms with Crippen LogP contribution >= 0.6 is 0 Å². The first-order valence-electron chi connectivity index (χ1n) is 12.0. The molecule has 2 aromatic rings. The van der Waals surface area contributed by atoms with Crippen LogP contribution in [0.2, 0.25) is 0 Å². The summed E-state index contributed by atoms with van der Waals surface area (Å²) < 4.78 is 78.9. The smallest absolute Gasteiger partial charge is 0.353 e. The van der Waals surface area contributed by atoms with Crippen LogP contribution in [-0.2, 0) is 35.0 Å². The van der Waals surface area contributed by atoms with Crippen molar-refractivity contribution in [1.82, 2.24) is 15.1 Å². The van der Waals surface area contributed by atoms with Crippen molar-refractivity contribution in [3.63, 3.8) is 0 Å². The van der Waals surface area contributed by atoms with E-state index in [0.29, 0.717) is 12.1 Å². The maximum absolute atomic E-state index is 13.1. The van der Waals surface area contributed by atoms with Gasteiger partial charge in [-0.15, -0.1) is 0 Å². The highest BCUT2D eigenvalue weighted by molar-refractivity contribution is 5.89. The van der Waals surface area contributed by atoms with Gasteiger partial charge >= 0.3 is 12.4 Å². The molecule has 1 N–H and O–H groups in total. The second-order valence-electron chi connectivity index (χ2n) is 9.63. The minimum absolute atomic E-state index is 0.0523. The van der Waals surface area contributed by atoms with Crippen molar-refractivity contribution in [2.45, 2.75) is 50.7 Å². The molecule has 4 rings (SSSR count). The molecule has 2 aliphatic heterocycles. The normalized spacial score (nSPS) is 19.9. The van der Waals surface area contributed by atoms with E-state index in [0.717, 1.165) is 37.4 Å². The van der Waals surface area contributed by atoms with Crippen molar-refractivity contribution >= 4 is 11.8 Å². The standard InChI is InChI=1S/C26H27F6N3O2/c27-25(28,29)20-10-18(11-21(13-20)26(30,31)32)15-35-16-19(12-23(35)36)24(37)33-22-6-8-34(9-7-22)14-17-4-2-1-3-5-17/h1-5,10-11,13,19,22H,6-9,12,14-16H2,(H,33,37)/t19-/m1/s1. The third kappa shape index (κ3) is 7.03. The lowest BCUT2D eigenvalue weighted by molar-refractivity contribution is -0.143. The molecule has 2 amide bonds. The SMILES string of the molecule is O=C(NC1CCN(Cc2ccccc2)CC1)[C@@H]1CC(=O)N(Cc2cc(C(F)(F)F)cc(C(F)(F)F)c2)C1. The highest BCUT2D eigenvalue weighted by atomic mass is 19.4. The van der Waals surface area contributed by atoms with Crippen LogP contribution in [0, 0.1) is 5.92 Å². The van der Waals surface area contributed by atoms with Gasteiger partial charge in [0.2, 0.25) is 11.8 Å². The Kier molecular flexibility index (Phi) is 7.82. The molecule has 0 aliphatic carbocycles. The van der Waals surface area contributed by atoms with Gasteiger partial charge in [0.05, 0.1) is 17.0 Å². The second-order valence-corrected chi connectivity index (χ2v) is 9.63. The number of amides is 2. The number of alkyl halides is 6. The van der Waals surface area contributed by atoms with Gasteiger partial charge in [0.15, 0.2) is 0 Å². The van der Waals surface area contributed by atoms with Gasteiger partial charge in [0.25, 0.3) is 0 Å². The Labute approximate surface area is 210 Å². The molecule has 0 aromatic heterocycles. The predicted octanol–water partition coefficient (Wildman–Crippen LogP) is 4.85. The summed E-state index contributed by atoms with van der Waals surface area (Å²) in [6.07, 6.45) is -8.58. The molecule has 11 heteroatoms. The molecule has 2 heterocycles. The van der Waals surface area contributed by atoms with E-state index in [-0.39, 0.29) is 36.5 Å². The maximum atomic E-state index is 13.1. The number of nitrogens with one attached hydrogen (secondary N) is 1. The number of halogens is 6. The average Bonchev–Trinajstić information content (AvgIpc) is 3.20. The Morgan fingerprint density at radius 2 is 1.46 bits per heavy atom. The molecule has 5 nitrogen and oxygen atoms in total. The number of piperidine rings is 1. The van der Waals surface area contributed by atoms with Crippen LogP contribution < -0.4 is 5.32 Å². The third-order valence-electron chi connectivity index (χ3n) is 6.79.